The van der Waals surface area contributed by atoms with Gasteiger partial charge in [-0.05, 0) is 121 Å². The van der Waals surface area contributed by atoms with Crippen molar-refractivity contribution in [2.45, 2.75) is 0 Å². The summed E-state index contributed by atoms with van der Waals surface area (Å²) in [4.78, 5) is 2.40. The highest BCUT2D eigenvalue weighted by atomic mass is 16.3. The van der Waals surface area contributed by atoms with Crippen LogP contribution in [0.2, 0.25) is 0 Å². The zero-order chi connectivity index (χ0) is 45.4. The monoisotopic (exact) mass is 878 g/mol. The number of benzene rings is 12. The number of anilines is 3. The van der Waals surface area contributed by atoms with Crippen molar-refractivity contribution in [3.63, 3.8) is 0 Å². The van der Waals surface area contributed by atoms with Crippen molar-refractivity contribution in [1.82, 2.24) is 4.57 Å². The van der Waals surface area contributed by atoms with E-state index in [-0.39, 0.29) is 0 Å². The van der Waals surface area contributed by atoms with Crippen molar-refractivity contribution in [1.29, 1.82) is 0 Å². The fraction of sp³-hybridized carbons (Fsp3) is 0. The smallest absolute Gasteiger partial charge is 0.143 e. The summed E-state index contributed by atoms with van der Waals surface area (Å²) in [6, 6.07) is 92.5. The second-order valence-corrected chi connectivity index (χ2v) is 18.0. The van der Waals surface area contributed by atoms with E-state index in [1.165, 1.54) is 59.7 Å². The number of nitrogens with zero attached hydrogens (tertiary/aromatic N) is 2. The molecular formula is C66H42N2O. The van der Waals surface area contributed by atoms with Crippen molar-refractivity contribution in [2.75, 3.05) is 4.90 Å². The minimum absolute atomic E-state index is 0.900. The van der Waals surface area contributed by atoms with Gasteiger partial charge in [0, 0.05) is 49.7 Å². The topological polar surface area (TPSA) is 21.3 Å². The summed E-state index contributed by atoms with van der Waals surface area (Å²) in [6.07, 6.45) is 0. The van der Waals surface area contributed by atoms with Crippen molar-refractivity contribution < 1.29 is 4.42 Å². The number of fused-ring (bicyclic) bond motifs is 12. The Kier molecular flexibility index (Phi) is 8.90. The largest absolute Gasteiger partial charge is 0.455 e. The normalized spacial score (nSPS) is 11.8. The van der Waals surface area contributed by atoms with Gasteiger partial charge in [0.2, 0.25) is 0 Å². The zero-order valence-electron chi connectivity index (χ0n) is 37.6. The van der Waals surface area contributed by atoms with E-state index >= 15 is 0 Å². The summed E-state index contributed by atoms with van der Waals surface area (Å²) < 4.78 is 8.92. The highest BCUT2D eigenvalue weighted by Crippen LogP contribution is 2.44. The first kappa shape index (κ1) is 39.0. The van der Waals surface area contributed by atoms with Crippen LogP contribution < -0.4 is 4.90 Å². The van der Waals surface area contributed by atoms with Crippen LogP contribution in [-0.4, -0.2) is 4.57 Å². The summed E-state index contributed by atoms with van der Waals surface area (Å²) >= 11 is 0. The van der Waals surface area contributed by atoms with E-state index in [9.17, 15) is 0 Å². The third kappa shape index (κ3) is 6.29. The van der Waals surface area contributed by atoms with Crippen LogP contribution in [0.1, 0.15) is 0 Å². The number of rotatable bonds is 7. The van der Waals surface area contributed by atoms with Crippen LogP contribution in [0.25, 0.3) is 115 Å². The van der Waals surface area contributed by atoms with Crippen molar-refractivity contribution in [2.24, 2.45) is 0 Å². The predicted octanol–water partition coefficient (Wildman–Crippen LogP) is 18.6. The summed E-state index contributed by atoms with van der Waals surface area (Å²) in [5.41, 5.74) is 15.4. The van der Waals surface area contributed by atoms with E-state index in [1.54, 1.807) is 0 Å². The molecule has 0 spiro atoms. The predicted molar refractivity (Wildman–Crippen MR) is 292 cm³/mol. The van der Waals surface area contributed by atoms with E-state index in [2.05, 4.69) is 252 Å². The van der Waals surface area contributed by atoms with Crippen LogP contribution in [0.3, 0.4) is 0 Å². The van der Waals surface area contributed by atoms with Gasteiger partial charge in [-0.25, -0.2) is 0 Å². The highest BCUT2D eigenvalue weighted by molar-refractivity contribution is 6.26. The Morgan fingerprint density at radius 3 is 1.49 bits per heavy atom. The molecule has 0 radical (unpaired) electrons. The SMILES string of the molecule is c1cc(-c2cccc(N(c3ccc(-c4cccc5c4oc4ccccc45)cc3)c3ccc4c5ccccc5c5ccccc5c4c3)c2)cc(-c2ccccc2-n2c3ccccc3c3ccccc32)c1. The molecule has 69 heavy (non-hydrogen) atoms. The fourth-order valence-electron chi connectivity index (χ4n) is 11.0. The molecule has 0 unspecified atom stereocenters. The van der Waals surface area contributed by atoms with E-state index in [0.717, 1.165) is 72.5 Å². The standard InChI is InChI=1S/C66H42N2O/c1-2-23-54-52(21-1)53-22-3-4-24-55(53)61-42-49(38-39-56(54)61)67(47-36-34-43(35-37-47)51-28-15-29-60-59-27-8-12-33-65(59)69-66(51)60)48-19-14-17-45(41-48)44-16-13-18-46(40-44)50-20-5-9-30-62(50)68-63-31-10-6-25-57(63)58-26-7-11-32-64(58)68/h1-42H. The lowest BCUT2D eigenvalue weighted by atomic mass is 9.94. The zero-order valence-corrected chi connectivity index (χ0v) is 37.6. The maximum atomic E-state index is 6.50. The van der Waals surface area contributed by atoms with Crippen LogP contribution in [0.15, 0.2) is 259 Å². The van der Waals surface area contributed by atoms with Crippen LogP contribution in [0, 0.1) is 0 Å². The number of furan rings is 1. The molecule has 322 valence electrons. The Morgan fingerprint density at radius 2 is 0.768 bits per heavy atom. The third-order valence-corrected chi connectivity index (χ3v) is 14.2. The van der Waals surface area contributed by atoms with Crippen LogP contribution in [-0.2, 0) is 0 Å². The minimum atomic E-state index is 0.900. The quantitative estimate of drug-likeness (QED) is 0.149. The maximum absolute atomic E-state index is 6.50. The van der Waals surface area contributed by atoms with Gasteiger partial charge < -0.3 is 13.9 Å². The molecule has 0 N–H and O–H groups in total. The van der Waals surface area contributed by atoms with Crippen molar-refractivity contribution in [3.05, 3.63) is 255 Å². The molecule has 2 aromatic heterocycles. The summed E-state index contributed by atoms with van der Waals surface area (Å²) in [5.74, 6) is 0. The highest BCUT2D eigenvalue weighted by Gasteiger charge is 2.20. The molecule has 14 aromatic rings. The van der Waals surface area contributed by atoms with Gasteiger partial charge in [-0.15, -0.1) is 0 Å². The summed E-state index contributed by atoms with van der Waals surface area (Å²) in [6.45, 7) is 0. The maximum Gasteiger partial charge on any atom is 0.143 e. The van der Waals surface area contributed by atoms with Gasteiger partial charge in [-0.3, -0.25) is 0 Å². The van der Waals surface area contributed by atoms with Gasteiger partial charge in [0.25, 0.3) is 0 Å². The molecule has 3 heteroatoms. The van der Waals surface area contributed by atoms with E-state index in [1.807, 2.05) is 12.1 Å². The first-order valence-electron chi connectivity index (χ1n) is 23.7. The van der Waals surface area contributed by atoms with Gasteiger partial charge >= 0.3 is 0 Å². The van der Waals surface area contributed by atoms with Crippen LogP contribution in [0.5, 0.6) is 0 Å². The van der Waals surface area contributed by atoms with Gasteiger partial charge in [-0.1, -0.05) is 188 Å². The molecule has 0 bridgehead atoms. The number of hydrogen-bond donors (Lipinski definition) is 0. The lowest BCUT2D eigenvalue weighted by Crippen LogP contribution is -2.10. The first-order chi connectivity index (χ1) is 34.2. The lowest BCUT2D eigenvalue weighted by Gasteiger charge is -2.27. The van der Waals surface area contributed by atoms with Gasteiger partial charge in [0.15, 0.2) is 0 Å². The second-order valence-electron chi connectivity index (χ2n) is 18.0. The van der Waals surface area contributed by atoms with E-state index in [0.29, 0.717) is 0 Å². The Morgan fingerprint density at radius 1 is 0.275 bits per heavy atom. The summed E-state index contributed by atoms with van der Waals surface area (Å²) in [7, 11) is 0. The Hall–Kier alpha value is -9.18. The molecule has 12 aromatic carbocycles. The van der Waals surface area contributed by atoms with Crippen LogP contribution >= 0.6 is 0 Å². The van der Waals surface area contributed by atoms with Crippen molar-refractivity contribution in [3.8, 4) is 39.1 Å². The lowest BCUT2D eigenvalue weighted by molar-refractivity contribution is 0.670. The van der Waals surface area contributed by atoms with E-state index < -0.39 is 0 Å². The Labute approximate surface area is 399 Å². The van der Waals surface area contributed by atoms with Crippen molar-refractivity contribution >= 4 is 93.1 Å². The van der Waals surface area contributed by atoms with Crippen LogP contribution in [0.4, 0.5) is 17.1 Å². The molecule has 0 atom stereocenters. The Balaban J connectivity index is 0.915. The molecule has 2 heterocycles. The average Bonchev–Trinajstić information content (AvgIpc) is 3.98. The third-order valence-electron chi connectivity index (χ3n) is 14.2. The molecule has 14 rings (SSSR count). The number of hydrogen-bond acceptors (Lipinski definition) is 2. The van der Waals surface area contributed by atoms with E-state index in [4.69, 9.17) is 4.42 Å². The van der Waals surface area contributed by atoms with Gasteiger partial charge in [0.1, 0.15) is 11.2 Å². The molecule has 0 fully saturated rings. The molecule has 0 saturated heterocycles. The molecule has 0 aliphatic heterocycles. The minimum Gasteiger partial charge on any atom is -0.455 e. The first-order valence-corrected chi connectivity index (χ1v) is 23.7. The molecule has 0 aliphatic rings. The Bertz CT molecular complexity index is 4240. The van der Waals surface area contributed by atoms with Gasteiger partial charge in [-0.2, -0.15) is 0 Å². The molecule has 0 amide bonds. The second kappa shape index (κ2) is 15.7. The number of para-hydroxylation sites is 5. The molecular weight excluding hydrogens is 837 g/mol. The summed E-state index contributed by atoms with van der Waals surface area (Å²) in [5, 5.41) is 12.3. The molecule has 0 saturated carbocycles. The molecule has 0 aliphatic carbocycles. The molecule has 3 nitrogen and oxygen atoms in total. The van der Waals surface area contributed by atoms with Gasteiger partial charge in [0.05, 0.1) is 16.7 Å². The fourth-order valence-corrected chi connectivity index (χ4v) is 11.0. The average molecular weight is 879 g/mol. The number of aromatic nitrogens is 1.